The lowest BCUT2D eigenvalue weighted by molar-refractivity contribution is 0.102. The lowest BCUT2D eigenvalue weighted by Crippen LogP contribution is -2.12. The van der Waals surface area contributed by atoms with Gasteiger partial charge in [-0.25, -0.2) is 4.98 Å². The number of nitrogens with one attached hydrogen (secondary N) is 1. The minimum atomic E-state index is -0.201. The second-order valence-corrected chi connectivity index (χ2v) is 6.69. The van der Waals surface area contributed by atoms with Crippen LogP contribution in [0.3, 0.4) is 0 Å². The molecule has 2 aromatic carbocycles. The summed E-state index contributed by atoms with van der Waals surface area (Å²) >= 11 is 11.1. The summed E-state index contributed by atoms with van der Waals surface area (Å²) in [5.74, 6) is -0.201. The maximum absolute atomic E-state index is 12.4. The Morgan fingerprint density at radius 2 is 2.14 bits per heavy atom. The summed E-state index contributed by atoms with van der Waals surface area (Å²) in [6.07, 6.45) is 0. The summed E-state index contributed by atoms with van der Waals surface area (Å²) in [6, 6.07) is 9.12. The monoisotopic (exact) mass is 380 g/mol. The van der Waals surface area contributed by atoms with E-state index in [-0.39, 0.29) is 5.91 Å². The average molecular weight is 382 g/mol. The molecule has 0 bridgehead atoms. The number of amides is 1. The number of carbonyl (C=O) groups is 1. The van der Waals surface area contributed by atoms with Gasteiger partial charge in [-0.3, -0.25) is 4.79 Å². The van der Waals surface area contributed by atoms with Crippen LogP contribution in [0.4, 0.5) is 5.69 Å². The SMILES string of the molecule is Cc1cc(C(=O)Nc2c(Cl)ccc3scnc23)ccc1Br. The molecule has 0 unspecified atom stereocenters. The fraction of sp³-hybridized carbons (Fsp3) is 0.0667. The highest BCUT2D eigenvalue weighted by atomic mass is 79.9. The summed E-state index contributed by atoms with van der Waals surface area (Å²) in [5, 5.41) is 3.34. The molecule has 0 saturated heterocycles. The number of hydrogen-bond acceptors (Lipinski definition) is 3. The van der Waals surface area contributed by atoms with Gasteiger partial charge >= 0.3 is 0 Å². The van der Waals surface area contributed by atoms with Gasteiger partial charge < -0.3 is 5.32 Å². The van der Waals surface area contributed by atoms with Crippen molar-refractivity contribution >= 4 is 60.7 Å². The molecule has 0 fully saturated rings. The van der Waals surface area contributed by atoms with Crippen LogP contribution < -0.4 is 5.32 Å². The van der Waals surface area contributed by atoms with E-state index in [2.05, 4.69) is 26.2 Å². The Morgan fingerprint density at radius 3 is 2.90 bits per heavy atom. The molecule has 3 nitrogen and oxygen atoms in total. The van der Waals surface area contributed by atoms with Crippen molar-refractivity contribution in [3.8, 4) is 0 Å². The van der Waals surface area contributed by atoms with E-state index in [0.29, 0.717) is 16.3 Å². The summed E-state index contributed by atoms with van der Waals surface area (Å²) in [7, 11) is 0. The van der Waals surface area contributed by atoms with Crippen LogP contribution in [0.25, 0.3) is 10.2 Å². The van der Waals surface area contributed by atoms with Crippen molar-refractivity contribution in [3.05, 3.63) is 56.5 Å². The zero-order valence-electron chi connectivity index (χ0n) is 11.0. The van der Waals surface area contributed by atoms with Gasteiger partial charge in [0.15, 0.2) is 0 Å². The number of fused-ring (bicyclic) bond motifs is 1. The van der Waals surface area contributed by atoms with Gasteiger partial charge in [-0.05, 0) is 42.8 Å². The van der Waals surface area contributed by atoms with Crippen molar-refractivity contribution in [1.82, 2.24) is 4.98 Å². The molecule has 1 aromatic heterocycles. The first kappa shape index (κ1) is 14.5. The molecule has 106 valence electrons. The maximum atomic E-state index is 12.4. The number of benzene rings is 2. The predicted molar refractivity (Wildman–Crippen MR) is 91.5 cm³/mol. The third-order valence-electron chi connectivity index (χ3n) is 3.11. The lowest BCUT2D eigenvalue weighted by atomic mass is 10.1. The third kappa shape index (κ3) is 2.81. The number of aryl methyl sites for hydroxylation is 1. The van der Waals surface area contributed by atoms with Gasteiger partial charge in [-0.1, -0.05) is 27.5 Å². The van der Waals surface area contributed by atoms with Gasteiger partial charge in [-0.2, -0.15) is 0 Å². The number of aromatic nitrogens is 1. The topological polar surface area (TPSA) is 42.0 Å². The Labute approximate surface area is 139 Å². The smallest absolute Gasteiger partial charge is 0.255 e. The van der Waals surface area contributed by atoms with Gasteiger partial charge in [0.05, 0.1) is 20.9 Å². The average Bonchev–Trinajstić information content (AvgIpc) is 2.93. The molecule has 0 aliphatic rings. The predicted octanol–water partition coefficient (Wildman–Crippen LogP) is 5.27. The largest absolute Gasteiger partial charge is 0.319 e. The zero-order valence-corrected chi connectivity index (χ0v) is 14.1. The van der Waals surface area contributed by atoms with Crippen molar-refractivity contribution in [1.29, 1.82) is 0 Å². The van der Waals surface area contributed by atoms with Gasteiger partial charge in [0.25, 0.3) is 5.91 Å². The molecule has 1 N–H and O–H groups in total. The number of thiazole rings is 1. The van der Waals surface area contributed by atoms with E-state index in [1.807, 2.05) is 25.1 Å². The minimum Gasteiger partial charge on any atom is -0.319 e. The van der Waals surface area contributed by atoms with Gasteiger partial charge in [0.1, 0.15) is 5.52 Å². The van der Waals surface area contributed by atoms with Crippen molar-refractivity contribution in [2.45, 2.75) is 6.92 Å². The van der Waals surface area contributed by atoms with Crippen LogP contribution in [0.2, 0.25) is 5.02 Å². The molecule has 0 aliphatic carbocycles. The van der Waals surface area contributed by atoms with Crippen LogP contribution in [0.1, 0.15) is 15.9 Å². The van der Waals surface area contributed by atoms with Gasteiger partial charge in [-0.15, -0.1) is 11.3 Å². The number of rotatable bonds is 2. The number of anilines is 1. The molecule has 0 radical (unpaired) electrons. The first-order valence-electron chi connectivity index (χ1n) is 6.15. The summed E-state index contributed by atoms with van der Waals surface area (Å²) in [4.78, 5) is 16.7. The molecular weight excluding hydrogens is 372 g/mol. The van der Waals surface area contributed by atoms with Crippen LogP contribution in [-0.2, 0) is 0 Å². The highest BCUT2D eigenvalue weighted by molar-refractivity contribution is 9.10. The van der Waals surface area contributed by atoms with Gasteiger partial charge in [0, 0.05) is 10.0 Å². The number of carbonyl (C=O) groups excluding carboxylic acids is 1. The van der Waals surface area contributed by atoms with Gasteiger partial charge in [0.2, 0.25) is 0 Å². The minimum absolute atomic E-state index is 0.201. The van der Waals surface area contributed by atoms with E-state index in [9.17, 15) is 4.79 Å². The Hall–Kier alpha value is -1.43. The summed E-state index contributed by atoms with van der Waals surface area (Å²) in [5.41, 5.74) is 4.59. The standard InChI is InChI=1S/C15H10BrClN2OS/c1-8-6-9(2-3-10(8)16)15(20)19-13-11(17)4-5-12-14(13)18-7-21-12/h2-7H,1H3,(H,19,20). The van der Waals surface area contributed by atoms with E-state index in [0.717, 1.165) is 20.3 Å². The lowest BCUT2D eigenvalue weighted by Gasteiger charge is -2.09. The summed E-state index contributed by atoms with van der Waals surface area (Å²) < 4.78 is 1.96. The fourth-order valence-electron chi connectivity index (χ4n) is 2.00. The van der Waals surface area contributed by atoms with Crippen LogP contribution in [0, 0.1) is 6.92 Å². The Bertz CT molecular complexity index is 847. The number of hydrogen-bond donors (Lipinski definition) is 1. The number of nitrogens with zero attached hydrogens (tertiary/aromatic N) is 1. The molecule has 1 heterocycles. The highest BCUT2D eigenvalue weighted by Gasteiger charge is 2.13. The van der Waals surface area contributed by atoms with E-state index >= 15 is 0 Å². The fourth-order valence-corrected chi connectivity index (χ4v) is 3.13. The molecule has 0 aliphatic heterocycles. The summed E-state index contributed by atoms with van der Waals surface area (Å²) in [6.45, 7) is 1.94. The number of halogens is 2. The second kappa shape index (κ2) is 5.75. The van der Waals surface area contributed by atoms with Crippen LogP contribution in [-0.4, -0.2) is 10.9 Å². The Morgan fingerprint density at radius 1 is 1.33 bits per heavy atom. The van der Waals surface area contributed by atoms with Crippen molar-refractivity contribution in [2.75, 3.05) is 5.32 Å². The van der Waals surface area contributed by atoms with E-state index in [4.69, 9.17) is 11.6 Å². The molecule has 3 rings (SSSR count). The third-order valence-corrected chi connectivity index (χ3v) is 5.11. The Balaban J connectivity index is 1.98. The van der Waals surface area contributed by atoms with Crippen LogP contribution >= 0.6 is 38.9 Å². The normalized spacial score (nSPS) is 10.8. The molecule has 3 aromatic rings. The van der Waals surface area contributed by atoms with Crippen LogP contribution in [0.5, 0.6) is 0 Å². The molecule has 0 spiro atoms. The maximum Gasteiger partial charge on any atom is 0.255 e. The Kier molecular flexibility index (Phi) is 3.97. The van der Waals surface area contributed by atoms with E-state index < -0.39 is 0 Å². The second-order valence-electron chi connectivity index (χ2n) is 4.54. The van der Waals surface area contributed by atoms with Crippen molar-refractivity contribution < 1.29 is 4.79 Å². The molecule has 0 atom stereocenters. The molecule has 21 heavy (non-hydrogen) atoms. The molecule has 1 amide bonds. The van der Waals surface area contributed by atoms with Crippen LogP contribution in [0.15, 0.2) is 40.3 Å². The zero-order chi connectivity index (χ0) is 15.0. The van der Waals surface area contributed by atoms with E-state index in [1.54, 1.807) is 17.6 Å². The van der Waals surface area contributed by atoms with E-state index in [1.165, 1.54) is 11.3 Å². The molecule has 0 saturated carbocycles. The molecule has 6 heteroatoms. The molecular formula is C15H10BrClN2OS. The first-order valence-corrected chi connectivity index (χ1v) is 8.20. The highest BCUT2D eigenvalue weighted by Crippen LogP contribution is 2.32. The van der Waals surface area contributed by atoms with Crippen molar-refractivity contribution in [2.24, 2.45) is 0 Å². The first-order chi connectivity index (χ1) is 10.1. The quantitative estimate of drug-likeness (QED) is 0.657. The van der Waals surface area contributed by atoms with Crippen molar-refractivity contribution in [3.63, 3.8) is 0 Å².